The number of hydrogen-bond acceptors (Lipinski definition) is 5. The SMILES string of the molecule is Cc1ccc(S(=O)(=O)Nc2ccc(N3CCCC3)nn2)cc1C. The Morgan fingerprint density at radius 3 is 2.35 bits per heavy atom. The van der Waals surface area contributed by atoms with Crippen molar-refractivity contribution in [2.24, 2.45) is 0 Å². The van der Waals surface area contributed by atoms with Gasteiger partial charge < -0.3 is 4.90 Å². The summed E-state index contributed by atoms with van der Waals surface area (Å²) in [6, 6.07) is 8.50. The van der Waals surface area contributed by atoms with Gasteiger partial charge in [0, 0.05) is 13.1 Å². The number of nitrogens with one attached hydrogen (secondary N) is 1. The Bertz CT molecular complexity index is 797. The average molecular weight is 332 g/mol. The van der Waals surface area contributed by atoms with Crippen molar-refractivity contribution < 1.29 is 8.42 Å². The zero-order valence-electron chi connectivity index (χ0n) is 13.3. The molecule has 0 radical (unpaired) electrons. The third kappa shape index (κ3) is 3.44. The van der Waals surface area contributed by atoms with Crippen molar-refractivity contribution in [3.8, 4) is 0 Å². The number of anilines is 2. The van der Waals surface area contributed by atoms with Crippen LogP contribution in [0.3, 0.4) is 0 Å². The van der Waals surface area contributed by atoms with Crippen molar-refractivity contribution in [1.82, 2.24) is 10.2 Å². The van der Waals surface area contributed by atoms with Gasteiger partial charge in [-0.2, -0.15) is 0 Å². The van der Waals surface area contributed by atoms with E-state index in [9.17, 15) is 8.42 Å². The van der Waals surface area contributed by atoms with E-state index in [-0.39, 0.29) is 10.7 Å². The van der Waals surface area contributed by atoms with Crippen molar-refractivity contribution in [1.29, 1.82) is 0 Å². The van der Waals surface area contributed by atoms with Crippen LogP contribution in [0.4, 0.5) is 11.6 Å². The lowest BCUT2D eigenvalue weighted by Gasteiger charge is -2.15. The van der Waals surface area contributed by atoms with E-state index in [0.29, 0.717) is 0 Å². The molecular weight excluding hydrogens is 312 g/mol. The lowest BCUT2D eigenvalue weighted by molar-refractivity contribution is 0.601. The van der Waals surface area contributed by atoms with Crippen LogP contribution < -0.4 is 9.62 Å². The predicted molar refractivity (Wildman–Crippen MR) is 90.2 cm³/mol. The number of aromatic nitrogens is 2. The summed E-state index contributed by atoms with van der Waals surface area (Å²) in [5.74, 6) is 1.02. The van der Waals surface area contributed by atoms with Crippen LogP contribution in [0.25, 0.3) is 0 Å². The molecule has 2 aromatic rings. The molecule has 0 atom stereocenters. The minimum Gasteiger partial charge on any atom is -0.355 e. The summed E-state index contributed by atoms with van der Waals surface area (Å²) in [6.45, 7) is 5.78. The number of nitrogens with zero attached hydrogens (tertiary/aromatic N) is 3. The third-order valence-electron chi connectivity index (χ3n) is 4.11. The van der Waals surface area contributed by atoms with Crippen LogP contribution in [0, 0.1) is 13.8 Å². The maximum atomic E-state index is 12.4. The van der Waals surface area contributed by atoms with Crippen LogP contribution in [-0.4, -0.2) is 31.7 Å². The van der Waals surface area contributed by atoms with E-state index < -0.39 is 10.0 Å². The molecular formula is C16H20N4O2S. The van der Waals surface area contributed by atoms with E-state index in [1.807, 2.05) is 13.8 Å². The highest BCUT2D eigenvalue weighted by molar-refractivity contribution is 7.92. The number of aryl methyl sites for hydroxylation is 2. The summed E-state index contributed by atoms with van der Waals surface area (Å²) in [5, 5.41) is 8.11. The standard InChI is InChI=1S/C16H20N4O2S/c1-12-5-6-14(11-13(12)2)23(21,22)19-15-7-8-16(18-17-15)20-9-3-4-10-20/h5-8,11H,3-4,9-10H2,1-2H3,(H,17,19). The Morgan fingerprint density at radius 1 is 1.00 bits per heavy atom. The predicted octanol–water partition coefficient (Wildman–Crippen LogP) is 2.49. The summed E-state index contributed by atoms with van der Waals surface area (Å²) in [6.07, 6.45) is 2.31. The van der Waals surface area contributed by atoms with Crippen LogP contribution in [0.1, 0.15) is 24.0 Å². The molecule has 0 amide bonds. The van der Waals surface area contributed by atoms with Crippen LogP contribution in [0.15, 0.2) is 35.2 Å². The van der Waals surface area contributed by atoms with Gasteiger partial charge >= 0.3 is 0 Å². The fraction of sp³-hybridized carbons (Fsp3) is 0.375. The summed E-state index contributed by atoms with van der Waals surface area (Å²) >= 11 is 0. The molecule has 0 aliphatic carbocycles. The van der Waals surface area contributed by atoms with Crippen LogP contribution in [0.5, 0.6) is 0 Å². The van der Waals surface area contributed by atoms with Crippen molar-refractivity contribution in [2.45, 2.75) is 31.6 Å². The lowest BCUT2D eigenvalue weighted by Crippen LogP contribution is -2.20. The van der Waals surface area contributed by atoms with E-state index >= 15 is 0 Å². The molecule has 7 heteroatoms. The maximum Gasteiger partial charge on any atom is 0.263 e. The second kappa shape index (κ2) is 6.16. The summed E-state index contributed by atoms with van der Waals surface area (Å²) < 4.78 is 27.3. The summed E-state index contributed by atoms with van der Waals surface area (Å²) in [5.41, 5.74) is 1.99. The van der Waals surface area contributed by atoms with Gasteiger partial charge in [-0.15, -0.1) is 10.2 Å². The highest BCUT2D eigenvalue weighted by Gasteiger charge is 2.17. The fourth-order valence-electron chi connectivity index (χ4n) is 2.57. The van der Waals surface area contributed by atoms with Crippen LogP contribution in [0.2, 0.25) is 0 Å². The number of rotatable bonds is 4. The number of hydrogen-bond donors (Lipinski definition) is 1. The largest absolute Gasteiger partial charge is 0.355 e. The molecule has 1 aliphatic heterocycles. The first-order valence-corrected chi connectivity index (χ1v) is 9.13. The van der Waals surface area contributed by atoms with E-state index in [2.05, 4.69) is 19.8 Å². The van der Waals surface area contributed by atoms with Crippen molar-refractivity contribution in [3.63, 3.8) is 0 Å². The molecule has 1 saturated heterocycles. The van der Waals surface area contributed by atoms with Gasteiger partial charge in [0.15, 0.2) is 11.6 Å². The Hall–Kier alpha value is -2.15. The number of benzene rings is 1. The first-order valence-electron chi connectivity index (χ1n) is 7.64. The van der Waals surface area contributed by atoms with Crippen molar-refractivity contribution in [3.05, 3.63) is 41.5 Å². The van der Waals surface area contributed by atoms with Gasteiger partial charge in [-0.25, -0.2) is 8.42 Å². The van der Waals surface area contributed by atoms with E-state index in [0.717, 1.165) is 42.9 Å². The summed E-state index contributed by atoms with van der Waals surface area (Å²) in [4.78, 5) is 2.38. The Balaban J connectivity index is 1.78. The summed E-state index contributed by atoms with van der Waals surface area (Å²) in [7, 11) is -3.65. The van der Waals surface area contributed by atoms with Crippen molar-refractivity contribution in [2.75, 3.05) is 22.7 Å². The molecule has 0 bridgehead atoms. The zero-order valence-corrected chi connectivity index (χ0v) is 14.1. The highest BCUT2D eigenvalue weighted by Crippen LogP contribution is 2.20. The fourth-order valence-corrected chi connectivity index (χ4v) is 3.65. The Kier molecular flexibility index (Phi) is 4.21. The molecule has 0 saturated carbocycles. The molecule has 23 heavy (non-hydrogen) atoms. The smallest absolute Gasteiger partial charge is 0.263 e. The van der Waals surface area contributed by atoms with Gasteiger partial charge in [0.1, 0.15) is 0 Å². The second-order valence-electron chi connectivity index (χ2n) is 5.82. The molecule has 0 unspecified atom stereocenters. The minimum atomic E-state index is -3.65. The highest BCUT2D eigenvalue weighted by atomic mass is 32.2. The van der Waals surface area contributed by atoms with Gasteiger partial charge in [0.2, 0.25) is 0 Å². The monoisotopic (exact) mass is 332 g/mol. The Morgan fingerprint density at radius 2 is 1.74 bits per heavy atom. The maximum absolute atomic E-state index is 12.4. The van der Waals surface area contributed by atoms with Crippen molar-refractivity contribution >= 4 is 21.7 Å². The lowest BCUT2D eigenvalue weighted by atomic mass is 10.1. The topological polar surface area (TPSA) is 75.2 Å². The molecule has 0 spiro atoms. The Labute approximate surface area is 136 Å². The van der Waals surface area contributed by atoms with E-state index in [1.165, 1.54) is 0 Å². The molecule has 1 fully saturated rings. The van der Waals surface area contributed by atoms with Gasteiger partial charge in [-0.05, 0) is 62.1 Å². The van der Waals surface area contributed by atoms with E-state index in [1.54, 1.807) is 30.3 Å². The first kappa shape index (κ1) is 15.7. The molecule has 6 nitrogen and oxygen atoms in total. The first-order chi connectivity index (χ1) is 11.0. The number of sulfonamides is 1. The molecule has 2 heterocycles. The molecule has 1 N–H and O–H groups in total. The molecule has 1 aliphatic rings. The third-order valence-corrected chi connectivity index (χ3v) is 5.46. The van der Waals surface area contributed by atoms with E-state index in [4.69, 9.17) is 0 Å². The quantitative estimate of drug-likeness (QED) is 0.931. The molecule has 3 rings (SSSR count). The second-order valence-corrected chi connectivity index (χ2v) is 7.50. The van der Waals surface area contributed by atoms with Gasteiger partial charge in [0.05, 0.1) is 4.90 Å². The normalized spacial score (nSPS) is 15.0. The minimum absolute atomic E-state index is 0.228. The molecule has 122 valence electrons. The van der Waals surface area contributed by atoms with Gasteiger partial charge in [0.25, 0.3) is 10.0 Å². The molecule has 1 aromatic carbocycles. The van der Waals surface area contributed by atoms with Crippen LogP contribution >= 0.6 is 0 Å². The average Bonchev–Trinajstić information content (AvgIpc) is 3.04. The van der Waals surface area contributed by atoms with Crippen LogP contribution in [-0.2, 0) is 10.0 Å². The van der Waals surface area contributed by atoms with Gasteiger partial charge in [-0.1, -0.05) is 6.07 Å². The van der Waals surface area contributed by atoms with Gasteiger partial charge in [-0.3, -0.25) is 4.72 Å². The molecule has 1 aromatic heterocycles. The zero-order chi connectivity index (χ0) is 16.4.